The molecule has 0 atom stereocenters. The monoisotopic (exact) mass is 259 g/mol. The second kappa shape index (κ2) is 3.80. The Labute approximate surface area is 96.1 Å². The number of anilines is 2. The molecule has 0 spiro atoms. The predicted octanol–water partition coefficient (Wildman–Crippen LogP) is 1.43. The number of nitrogens with one attached hydrogen (secondary N) is 1. The van der Waals surface area contributed by atoms with E-state index >= 15 is 0 Å². The van der Waals surface area contributed by atoms with E-state index in [0.717, 1.165) is 11.3 Å². The average Bonchev–Trinajstić information content (AvgIpc) is 2.75. The van der Waals surface area contributed by atoms with Crippen LogP contribution in [0.5, 0.6) is 0 Å². The van der Waals surface area contributed by atoms with Crippen LogP contribution in [0.1, 0.15) is 5.76 Å². The smallest absolute Gasteiger partial charge is 0.272 e. The number of rotatable bonds is 3. The van der Waals surface area contributed by atoms with E-state index < -0.39 is 10.0 Å². The third-order valence-corrected chi connectivity index (χ3v) is 4.54. The van der Waals surface area contributed by atoms with E-state index in [9.17, 15) is 8.42 Å². The zero-order valence-corrected chi connectivity index (χ0v) is 9.93. The summed E-state index contributed by atoms with van der Waals surface area (Å²) < 4.78 is 30.8. The Balaban J connectivity index is 2.27. The summed E-state index contributed by atoms with van der Waals surface area (Å²) in [4.78, 5) is 0. The van der Waals surface area contributed by atoms with Crippen LogP contribution in [0.4, 0.5) is 11.5 Å². The van der Waals surface area contributed by atoms with Crippen molar-refractivity contribution in [3.63, 3.8) is 0 Å². The SMILES string of the molecule is Cc1cc(NS(=O)(=O)c2cc(N)cs2)no1. The van der Waals surface area contributed by atoms with Crippen LogP contribution < -0.4 is 10.5 Å². The Kier molecular flexibility index (Phi) is 2.60. The van der Waals surface area contributed by atoms with Gasteiger partial charge in [-0.05, 0) is 13.0 Å². The van der Waals surface area contributed by atoms with Gasteiger partial charge in [0.05, 0.1) is 0 Å². The number of aryl methyl sites for hydroxylation is 1. The Bertz CT molecular complexity index is 600. The topological polar surface area (TPSA) is 98.2 Å². The number of hydrogen-bond donors (Lipinski definition) is 2. The van der Waals surface area contributed by atoms with Crippen molar-refractivity contribution in [2.45, 2.75) is 11.1 Å². The van der Waals surface area contributed by atoms with Gasteiger partial charge in [0, 0.05) is 17.1 Å². The molecule has 0 saturated carbocycles. The highest BCUT2D eigenvalue weighted by Crippen LogP contribution is 2.23. The molecular formula is C8H9N3O3S2. The van der Waals surface area contributed by atoms with Gasteiger partial charge in [-0.3, -0.25) is 4.72 Å². The van der Waals surface area contributed by atoms with Crippen LogP contribution in [-0.4, -0.2) is 13.6 Å². The van der Waals surface area contributed by atoms with Gasteiger partial charge in [0.15, 0.2) is 5.82 Å². The molecule has 0 aliphatic carbocycles. The van der Waals surface area contributed by atoms with E-state index in [4.69, 9.17) is 10.3 Å². The first-order chi connectivity index (χ1) is 7.47. The Hall–Kier alpha value is -1.54. The molecule has 16 heavy (non-hydrogen) atoms. The van der Waals surface area contributed by atoms with Crippen molar-refractivity contribution >= 4 is 32.9 Å². The summed E-state index contributed by atoms with van der Waals surface area (Å²) in [6, 6.07) is 2.88. The molecule has 6 nitrogen and oxygen atoms in total. The average molecular weight is 259 g/mol. The van der Waals surface area contributed by atoms with Crippen molar-refractivity contribution in [1.29, 1.82) is 0 Å². The van der Waals surface area contributed by atoms with E-state index in [-0.39, 0.29) is 10.0 Å². The van der Waals surface area contributed by atoms with Gasteiger partial charge in [0.1, 0.15) is 9.97 Å². The summed E-state index contributed by atoms with van der Waals surface area (Å²) in [6.45, 7) is 1.67. The van der Waals surface area contributed by atoms with E-state index in [0.29, 0.717) is 11.4 Å². The lowest BCUT2D eigenvalue weighted by Crippen LogP contribution is -2.11. The number of hydrogen-bond acceptors (Lipinski definition) is 6. The van der Waals surface area contributed by atoms with Crippen LogP contribution in [0, 0.1) is 6.92 Å². The molecule has 2 rings (SSSR count). The zero-order chi connectivity index (χ0) is 11.8. The number of thiophene rings is 1. The number of sulfonamides is 1. The highest BCUT2D eigenvalue weighted by Gasteiger charge is 2.18. The quantitative estimate of drug-likeness (QED) is 0.868. The normalized spacial score (nSPS) is 11.6. The summed E-state index contributed by atoms with van der Waals surface area (Å²) in [5, 5.41) is 5.10. The van der Waals surface area contributed by atoms with Crippen LogP contribution in [0.2, 0.25) is 0 Å². The molecule has 0 aliphatic rings. The minimum absolute atomic E-state index is 0.144. The van der Waals surface area contributed by atoms with Gasteiger partial charge in [-0.25, -0.2) is 8.42 Å². The van der Waals surface area contributed by atoms with Crippen LogP contribution >= 0.6 is 11.3 Å². The maximum absolute atomic E-state index is 11.8. The third-order valence-electron chi connectivity index (χ3n) is 1.73. The fraction of sp³-hybridized carbons (Fsp3) is 0.125. The number of nitrogens with zero attached hydrogens (tertiary/aromatic N) is 1. The Morgan fingerprint density at radius 3 is 2.75 bits per heavy atom. The molecule has 0 radical (unpaired) electrons. The van der Waals surface area contributed by atoms with Crippen LogP contribution in [-0.2, 0) is 10.0 Å². The molecule has 0 saturated heterocycles. The number of nitrogen functional groups attached to an aromatic ring is 1. The van der Waals surface area contributed by atoms with Crippen molar-refractivity contribution in [3.05, 3.63) is 23.3 Å². The number of nitrogens with two attached hydrogens (primary N) is 1. The molecule has 0 amide bonds. The van der Waals surface area contributed by atoms with Crippen LogP contribution in [0.25, 0.3) is 0 Å². The first-order valence-electron chi connectivity index (χ1n) is 4.27. The maximum atomic E-state index is 11.8. The van der Waals surface area contributed by atoms with E-state index in [1.165, 1.54) is 12.1 Å². The van der Waals surface area contributed by atoms with Crippen molar-refractivity contribution in [2.24, 2.45) is 0 Å². The molecule has 0 fully saturated rings. The lowest BCUT2D eigenvalue weighted by Gasteiger charge is -2.00. The molecule has 0 unspecified atom stereocenters. The van der Waals surface area contributed by atoms with Crippen LogP contribution in [0.15, 0.2) is 26.2 Å². The molecule has 8 heteroatoms. The lowest BCUT2D eigenvalue weighted by atomic mass is 10.5. The number of aromatic nitrogens is 1. The summed E-state index contributed by atoms with van der Waals surface area (Å²) in [5.41, 5.74) is 5.88. The fourth-order valence-corrected chi connectivity index (χ4v) is 3.14. The molecule has 86 valence electrons. The molecule has 0 aromatic carbocycles. The highest BCUT2D eigenvalue weighted by molar-refractivity contribution is 7.94. The Morgan fingerprint density at radius 1 is 1.50 bits per heavy atom. The Morgan fingerprint density at radius 2 is 2.25 bits per heavy atom. The van der Waals surface area contributed by atoms with E-state index in [1.54, 1.807) is 12.3 Å². The molecule has 0 aliphatic heterocycles. The molecule has 2 heterocycles. The first-order valence-corrected chi connectivity index (χ1v) is 6.64. The van der Waals surface area contributed by atoms with Gasteiger partial charge >= 0.3 is 0 Å². The van der Waals surface area contributed by atoms with Gasteiger partial charge in [0.2, 0.25) is 0 Å². The largest absolute Gasteiger partial charge is 0.398 e. The summed E-state index contributed by atoms with van der Waals surface area (Å²) in [5.74, 6) is 0.688. The molecular weight excluding hydrogens is 250 g/mol. The highest BCUT2D eigenvalue weighted by atomic mass is 32.2. The molecule has 3 N–H and O–H groups in total. The lowest BCUT2D eigenvalue weighted by molar-refractivity contribution is 0.400. The third kappa shape index (κ3) is 2.17. The van der Waals surface area contributed by atoms with Crippen molar-refractivity contribution < 1.29 is 12.9 Å². The second-order valence-corrected chi connectivity index (χ2v) is 5.95. The summed E-state index contributed by atoms with van der Waals surface area (Å²) in [7, 11) is -3.61. The minimum Gasteiger partial charge on any atom is -0.398 e. The molecule has 2 aromatic heterocycles. The van der Waals surface area contributed by atoms with Crippen molar-refractivity contribution in [1.82, 2.24) is 5.16 Å². The first kappa shape index (κ1) is 11.0. The fourth-order valence-electron chi connectivity index (χ4n) is 1.07. The van der Waals surface area contributed by atoms with Crippen molar-refractivity contribution in [2.75, 3.05) is 10.5 Å². The zero-order valence-electron chi connectivity index (χ0n) is 8.30. The van der Waals surface area contributed by atoms with Gasteiger partial charge in [0.25, 0.3) is 10.0 Å². The predicted molar refractivity (Wildman–Crippen MR) is 60.8 cm³/mol. The van der Waals surface area contributed by atoms with Gasteiger partial charge in [-0.15, -0.1) is 11.3 Å². The van der Waals surface area contributed by atoms with E-state index in [1.807, 2.05) is 0 Å². The summed E-state index contributed by atoms with van der Waals surface area (Å²) in [6.07, 6.45) is 0. The maximum Gasteiger partial charge on any atom is 0.272 e. The molecule has 0 bridgehead atoms. The minimum atomic E-state index is -3.61. The molecule has 2 aromatic rings. The summed E-state index contributed by atoms with van der Waals surface area (Å²) >= 11 is 1.05. The van der Waals surface area contributed by atoms with Crippen LogP contribution in [0.3, 0.4) is 0 Å². The standard InChI is InChI=1S/C8H9N3O3S2/c1-5-2-7(10-14-5)11-16(12,13)8-3-6(9)4-15-8/h2-4H,9H2,1H3,(H,10,11). The van der Waals surface area contributed by atoms with E-state index in [2.05, 4.69) is 9.88 Å². The van der Waals surface area contributed by atoms with Gasteiger partial charge < -0.3 is 10.3 Å². The van der Waals surface area contributed by atoms with Crippen molar-refractivity contribution in [3.8, 4) is 0 Å². The second-order valence-electron chi connectivity index (χ2n) is 3.13. The van der Waals surface area contributed by atoms with Gasteiger partial charge in [-0.2, -0.15) is 0 Å². The van der Waals surface area contributed by atoms with Gasteiger partial charge in [-0.1, -0.05) is 5.16 Å².